The lowest BCUT2D eigenvalue weighted by molar-refractivity contribution is -0.143. The van der Waals surface area contributed by atoms with E-state index >= 15 is 0 Å². The maximum absolute atomic E-state index is 14.1. The number of nitrogens with one attached hydrogen (secondary N) is 1. The molecular weight excluding hydrogens is 557 g/mol. The van der Waals surface area contributed by atoms with Gasteiger partial charge in [0.05, 0.1) is 29.6 Å². The van der Waals surface area contributed by atoms with Gasteiger partial charge in [0, 0.05) is 45.0 Å². The molecule has 2 aromatic carbocycles. The van der Waals surface area contributed by atoms with Crippen LogP contribution in [0.15, 0.2) is 48.8 Å². The summed E-state index contributed by atoms with van der Waals surface area (Å²) < 4.78 is 122. The zero-order valence-corrected chi connectivity index (χ0v) is 21.5. The standard InChI is InChI=1S/C24H23F7N4O3S/c1-14(2)35(18-6-4-17(25)5-7-18)22(36)38-21-19(15-12-33-34(13-15)8-9-39(3,32)37)10-16(23(26,27)28)11-20(21)24(29,30)31/h4-7,10-14,32H,8-9H2,1-3H3. The van der Waals surface area contributed by atoms with E-state index in [4.69, 9.17) is 9.52 Å². The molecule has 1 amide bonds. The van der Waals surface area contributed by atoms with Crippen molar-refractivity contribution in [3.63, 3.8) is 0 Å². The van der Waals surface area contributed by atoms with Crippen molar-refractivity contribution in [2.75, 3.05) is 16.9 Å². The van der Waals surface area contributed by atoms with E-state index in [0.717, 1.165) is 34.1 Å². The summed E-state index contributed by atoms with van der Waals surface area (Å²) in [6.45, 7) is 2.90. The third-order valence-corrected chi connectivity index (χ3v) is 6.34. The number of hydrogen-bond donors (Lipinski definition) is 1. The van der Waals surface area contributed by atoms with Gasteiger partial charge in [-0.25, -0.2) is 9.18 Å². The Morgan fingerprint density at radius 3 is 2.23 bits per heavy atom. The third kappa shape index (κ3) is 7.49. The zero-order valence-electron chi connectivity index (χ0n) is 20.7. The first-order valence-electron chi connectivity index (χ1n) is 11.2. The molecule has 39 heavy (non-hydrogen) atoms. The van der Waals surface area contributed by atoms with E-state index < -0.39 is 62.5 Å². The highest BCUT2D eigenvalue weighted by molar-refractivity contribution is 7.91. The summed E-state index contributed by atoms with van der Waals surface area (Å²) in [5.41, 5.74) is -4.38. The predicted molar refractivity (Wildman–Crippen MR) is 129 cm³/mol. The third-order valence-electron chi connectivity index (χ3n) is 5.38. The smallest absolute Gasteiger partial charge is 0.409 e. The number of carbonyl (C=O) groups is 1. The number of hydrogen-bond acceptors (Lipinski definition) is 5. The van der Waals surface area contributed by atoms with E-state index in [-0.39, 0.29) is 29.6 Å². The van der Waals surface area contributed by atoms with Crippen LogP contribution in [0.2, 0.25) is 0 Å². The lowest BCUT2D eigenvalue weighted by atomic mass is 9.99. The van der Waals surface area contributed by atoms with Gasteiger partial charge < -0.3 is 4.74 Å². The van der Waals surface area contributed by atoms with Gasteiger partial charge in [-0.1, -0.05) is 0 Å². The number of aromatic nitrogens is 2. The maximum Gasteiger partial charge on any atom is 0.420 e. The number of rotatable bonds is 7. The predicted octanol–water partition coefficient (Wildman–Crippen LogP) is 6.82. The maximum atomic E-state index is 14.1. The molecule has 1 heterocycles. The van der Waals surface area contributed by atoms with Gasteiger partial charge in [-0.3, -0.25) is 18.6 Å². The molecule has 0 radical (unpaired) electrons. The van der Waals surface area contributed by atoms with Gasteiger partial charge in [-0.15, -0.1) is 0 Å². The number of nitrogens with zero attached hydrogens (tertiary/aromatic N) is 3. The Morgan fingerprint density at radius 1 is 1.10 bits per heavy atom. The SMILES string of the molecule is CC(C)N(C(=O)Oc1c(-c2cnn(CCS(C)(=N)=O)c2)cc(C(F)(F)F)cc1C(F)(F)F)c1ccc(F)cc1. The van der Waals surface area contributed by atoms with Crippen molar-refractivity contribution in [1.29, 1.82) is 4.78 Å². The summed E-state index contributed by atoms with van der Waals surface area (Å²) in [5.74, 6) is -2.00. The summed E-state index contributed by atoms with van der Waals surface area (Å²) in [5, 5.41) is 3.88. The van der Waals surface area contributed by atoms with E-state index in [1.165, 1.54) is 32.2 Å². The molecule has 0 fully saturated rings. The Bertz CT molecular complexity index is 1450. The lowest BCUT2D eigenvalue weighted by Gasteiger charge is -2.27. The van der Waals surface area contributed by atoms with Crippen LogP contribution in [-0.2, 0) is 28.6 Å². The van der Waals surface area contributed by atoms with Crippen LogP contribution in [0.1, 0.15) is 25.0 Å². The normalized spacial score (nSPS) is 13.8. The van der Waals surface area contributed by atoms with E-state index in [1.807, 2.05) is 0 Å². The Kier molecular flexibility index (Phi) is 8.34. The Labute approximate surface area is 219 Å². The van der Waals surface area contributed by atoms with Gasteiger partial charge in [0.25, 0.3) is 0 Å². The van der Waals surface area contributed by atoms with Crippen LogP contribution in [0.3, 0.4) is 0 Å². The zero-order chi connectivity index (χ0) is 29.3. The Hall–Kier alpha value is -3.62. The molecular formula is C24H23F7N4O3S. The molecule has 0 saturated heterocycles. The minimum Gasteiger partial charge on any atom is -0.409 e. The van der Waals surface area contributed by atoms with Crippen LogP contribution < -0.4 is 9.64 Å². The number of benzene rings is 2. The summed E-state index contributed by atoms with van der Waals surface area (Å²) >= 11 is 0. The fourth-order valence-corrected chi connectivity index (χ4v) is 4.11. The van der Waals surface area contributed by atoms with Crippen molar-refractivity contribution in [2.45, 2.75) is 38.8 Å². The van der Waals surface area contributed by atoms with Crippen molar-refractivity contribution < 1.29 is 44.5 Å². The van der Waals surface area contributed by atoms with Gasteiger partial charge in [0.1, 0.15) is 5.82 Å². The molecule has 1 atom stereocenters. The minimum absolute atomic E-state index is 0.0739. The molecule has 3 aromatic rings. The summed E-state index contributed by atoms with van der Waals surface area (Å²) in [6.07, 6.45) is -8.66. The number of carbonyl (C=O) groups excluding carboxylic acids is 1. The monoisotopic (exact) mass is 580 g/mol. The molecule has 7 nitrogen and oxygen atoms in total. The first kappa shape index (κ1) is 29.9. The number of anilines is 1. The first-order valence-corrected chi connectivity index (χ1v) is 13.3. The molecule has 1 unspecified atom stereocenters. The first-order chi connectivity index (χ1) is 17.9. The highest BCUT2D eigenvalue weighted by Gasteiger charge is 2.42. The Balaban J connectivity index is 2.18. The van der Waals surface area contributed by atoms with Crippen LogP contribution in [0.4, 0.5) is 41.2 Å². The van der Waals surface area contributed by atoms with Gasteiger partial charge in [-0.2, -0.15) is 31.4 Å². The molecule has 0 saturated carbocycles. The molecule has 0 aliphatic rings. The van der Waals surface area contributed by atoms with Gasteiger partial charge >= 0.3 is 18.4 Å². The average Bonchev–Trinajstić information content (AvgIpc) is 3.26. The second-order valence-corrected chi connectivity index (χ2v) is 11.3. The average molecular weight is 581 g/mol. The van der Waals surface area contributed by atoms with Gasteiger partial charge in [0.2, 0.25) is 0 Å². The molecule has 0 aliphatic carbocycles. The molecule has 3 rings (SSSR count). The minimum atomic E-state index is -5.36. The van der Waals surface area contributed by atoms with Crippen LogP contribution >= 0.6 is 0 Å². The number of ether oxygens (including phenoxy) is 1. The van der Waals surface area contributed by atoms with E-state index in [0.29, 0.717) is 6.07 Å². The summed E-state index contributed by atoms with van der Waals surface area (Å²) in [7, 11) is -2.96. The number of alkyl halides is 6. The molecule has 1 aromatic heterocycles. The number of halogens is 7. The molecule has 1 N–H and O–H groups in total. The van der Waals surface area contributed by atoms with Crippen molar-refractivity contribution in [1.82, 2.24) is 9.78 Å². The van der Waals surface area contributed by atoms with Gasteiger partial charge in [-0.05, 0) is 50.2 Å². The lowest BCUT2D eigenvalue weighted by Crippen LogP contribution is -2.39. The van der Waals surface area contributed by atoms with E-state index in [2.05, 4.69) is 5.10 Å². The van der Waals surface area contributed by atoms with E-state index in [9.17, 15) is 39.7 Å². The van der Waals surface area contributed by atoms with Crippen LogP contribution in [0.5, 0.6) is 5.75 Å². The number of amides is 1. The fourth-order valence-electron chi connectivity index (χ4n) is 3.57. The second kappa shape index (κ2) is 10.9. The van der Waals surface area contributed by atoms with Crippen molar-refractivity contribution in [3.8, 4) is 16.9 Å². The fraction of sp³-hybridized carbons (Fsp3) is 0.333. The molecule has 212 valence electrons. The highest BCUT2D eigenvalue weighted by Crippen LogP contribution is 2.46. The largest absolute Gasteiger partial charge is 0.420 e. The van der Waals surface area contributed by atoms with Crippen molar-refractivity contribution in [3.05, 3.63) is 65.7 Å². The topological polar surface area (TPSA) is 88.3 Å². The summed E-state index contributed by atoms with van der Waals surface area (Å²) in [6, 6.07) is 3.97. The summed E-state index contributed by atoms with van der Waals surface area (Å²) in [4.78, 5) is 14.1. The highest BCUT2D eigenvalue weighted by atomic mass is 32.2. The molecule has 0 spiro atoms. The molecule has 0 aliphatic heterocycles. The van der Waals surface area contributed by atoms with Crippen LogP contribution in [0, 0.1) is 10.6 Å². The van der Waals surface area contributed by atoms with Gasteiger partial charge in [0.15, 0.2) is 5.75 Å². The molecule has 0 bridgehead atoms. The van der Waals surface area contributed by atoms with Crippen LogP contribution in [0.25, 0.3) is 11.1 Å². The molecule has 15 heteroatoms. The number of aryl methyl sites for hydroxylation is 1. The Morgan fingerprint density at radius 2 is 1.72 bits per heavy atom. The quantitative estimate of drug-likeness (QED) is 0.311. The van der Waals surface area contributed by atoms with Crippen LogP contribution in [-0.4, -0.2) is 38.1 Å². The van der Waals surface area contributed by atoms with Crippen molar-refractivity contribution in [2.24, 2.45) is 0 Å². The van der Waals surface area contributed by atoms with Crippen molar-refractivity contribution >= 4 is 21.5 Å². The second-order valence-electron chi connectivity index (χ2n) is 8.91. The van der Waals surface area contributed by atoms with E-state index in [1.54, 1.807) is 0 Å².